The second-order valence-corrected chi connectivity index (χ2v) is 7.73. The Morgan fingerprint density at radius 1 is 1.27 bits per heavy atom. The molecule has 3 rings (SSSR count). The van der Waals surface area contributed by atoms with E-state index >= 15 is 0 Å². The topological polar surface area (TPSA) is 40.6 Å². The first-order chi connectivity index (χ1) is 12.3. The fourth-order valence-electron chi connectivity index (χ4n) is 4.14. The summed E-state index contributed by atoms with van der Waals surface area (Å²) >= 11 is 5.71. The molecule has 0 aromatic heterocycles. The standard InChI is InChI=1S/C19H23ClF2N2O2/c1-2-23-11-19(8-6-16(23)25)7-3-9-24(12-19)17(26)10-13-15(21)5-4-14(20)18(13)22/h4-5H,2-3,6-12H2,1H3/t19-/m1/s1. The van der Waals surface area contributed by atoms with Gasteiger partial charge in [-0.05, 0) is 38.3 Å². The molecule has 7 heteroatoms. The van der Waals surface area contributed by atoms with E-state index < -0.39 is 11.6 Å². The highest BCUT2D eigenvalue weighted by atomic mass is 35.5. The number of hydrogen-bond donors (Lipinski definition) is 0. The highest BCUT2D eigenvalue weighted by Gasteiger charge is 2.42. The smallest absolute Gasteiger partial charge is 0.227 e. The minimum Gasteiger partial charge on any atom is -0.342 e. The van der Waals surface area contributed by atoms with Crippen molar-refractivity contribution in [2.24, 2.45) is 5.41 Å². The van der Waals surface area contributed by atoms with Gasteiger partial charge < -0.3 is 9.80 Å². The second kappa shape index (κ2) is 7.51. The number of piperidine rings is 2. The summed E-state index contributed by atoms with van der Waals surface area (Å²) < 4.78 is 28.0. The van der Waals surface area contributed by atoms with Crippen molar-refractivity contribution < 1.29 is 18.4 Å². The van der Waals surface area contributed by atoms with Gasteiger partial charge in [0.05, 0.1) is 11.4 Å². The summed E-state index contributed by atoms with van der Waals surface area (Å²) in [6, 6.07) is 2.23. The summed E-state index contributed by atoms with van der Waals surface area (Å²) in [4.78, 5) is 28.2. The molecule has 0 radical (unpaired) electrons. The van der Waals surface area contributed by atoms with Gasteiger partial charge in [-0.1, -0.05) is 11.6 Å². The average molecular weight is 385 g/mol. The molecule has 2 fully saturated rings. The first-order valence-corrected chi connectivity index (χ1v) is 9.41. The monoisotopic (exact) mass is 384 g/mol. The van der Waals surface area contributed by atoms with Crippen molar-refractivity contribution in [2.75, 3.05) is 26.2 Å². The summed E-state index contributed by atoms with van der Waals surface area (Å²) in [5.41, 5.74) is -0.389. The molecule has 2 heterocycles. The maximum Gasteiger partial charge on any atom is 0.227 e. The SMILES string of the molecule is CCN1C[C@@]2(CCCN(C(=O)Cc3c(F)ccc(Cl)c3F)C2)CCC1=O. The van der Waals surface area contributed by atoms with Crippen LogP contribution in [0.5, 0.6) is 0 Å². The van der Waals surface area contributed by atoms with Gasteiger partial charge in [0.1, 0.15) is 11.6 Å². The van der Waals surface area contributed by atoms with Crippen molar-refractivity contribution >= 4 is 23.4 Å². The van der Waals surface area contributed by atoms with Crippen LogP contribution in [0.2, 0.25) is 5.02 Å². The Balaban J connectivity index is 1.73. The molecule has 1 aromatic rings. The Kier molecular flexibility index (Phi) is 5.51. The first-order valence-electron chi connectivity index (χ1n) is 9.03. The average Bonchev–Trinajstić information content (AvgIpc) is 2.64. The fourth-order valence-corrected chi connectivity index (χ4v) is 4.32. The normalized spacial score (nSPS) is 23.6. The lowest BCUT2D eigenvalue weighted by molar-refractivity contribution is -0.142. The molecule has 1 aromatic carbocycles. The van der Waals surface area contributed by atoms with E-state index in [0.717, 1.165) is 31.4 Å². The van der Waals surface area contributed by atoms with Gasteiger partial charge in [-0.2, -0.15) is 0 Å². The van der Waals surface area contributed by atoms with Gasteiger partial charge in [0.2, 0.25) is 11.8 Å². The summed E-state index contributed by atoms with van der Waals surface area (Å²) in [6.45, 7) is 4.36. The third kappa shape index (κ3) is 3.70. The van der Waals surface area contributed by atoms with Crippen LogP contribution in [-0.4, -0.2) is 47.8 Å². The molecule has 0 N–H and O–H groups in total. The van der Waals surface area contributed by atoms with Crippen molar-refractivity contribution in [3.05, 3.63) is 34.4 Å². The first kappa shape index (κ1) is 19.1. The maximum absolute atomic E-state index is 14.1. The molecule has 2 aliphatic heterocycles. The Morgan fingerprint density at radius 2 is 2.04 bits per heavy atom. The maximum atomic E-state index is 14.1. The number of benzene rings is 1. The molecule has 0 saturated carbocycles. The summed E-state index contributed by atoms with van der Waals surface area (Å²) in [5.74, 6) is -1.77. The molecule has 1 atom stereocenters. The number of halogens is 3. The van der Waals surface area contributed by atoms with Gasteiger partial charge in [0.25, 0.3) is 0 Å². The van der Waals surface area contributed by atoms with Crippen molar-refractivity contribution in [2.45, 2.75) is 39.0 Å². The fraction of sp³-hybridized carbons (Fsp3) is 0.579. The van der Waals surface area contributed by atoms with E-state index in [-0.39, 0.29) is 34.2 Å². The Hall–Kier alpha value is -1.69. The third-order valence-electron chi connectivity index (χ3n) is 5.61. The number of carbonyl (C=O) groups is 2. The van der Waals surface area contributed by atoms with Gasteiger partial charge in [0.15, 0.2) is 0 Å². The third-order valence-corrected chi connectivity index (χ3v) is 5.90. The quantitative estimate of drug-likeness (QED) is 0.749. The second-order valence-electron chi connectivity index (χ2n) is 7.33. The van der Waals surface area contributed by atoms with E-state index in [4.69, 9.17) is 11.6 Å². The van der Waals surface area contributed by atoms with E-state index in [1.165, 1.54) is 0 Å². The van der Waals surface area contributed by atoms with Crippen LogP contribution < -0.4 is 0 Å². The van der Waals surface area contributed by atoms with Gasteiger partial charge in [-0.3, -0.25) is 9.59 Å². The molecule has 0 bridgehead atoms. The van der Waals surface area contributed by atoms with Crippen LogP contribution in [0.25, 0.3) is 0 Å². The molecular formula is C19H23ClF2N2O2. The van der Waals surface area contributed by atoms with Gasteiger partial charge in [0, 0.05) is 43.6 Å². The van der Waals surface area contributed by atoms with E-state index in [1.54, 1.807) is 4.90 Å². The number of hydrogen-bond acceptors (Lipinski definition) is 2. The molecule has 1 spiro atoms. The Morgan fingerprint density at radius 3 is 2.77 bits per heavy atom. The lowest BCUT2D eigenvalue weighted by Gasteiger charge is -2.48. The molecule has 26 heavy (non-hydrogen) atoms. The number of carbonyl (C=O) groups excluding carboxylic acids is 2. The van der Waals surface area contributed by atoms with Gasteiger partial charge in [-0.15, -0.1) is 0 Å². The molecule has 2 amide bonds. The van der Waals surface area contributed by atoms with E-state index in [9.17, 15) is 18.4 Å². The van der Waals surface area contributed by atoms with E-state index in [0.29, 0.717) is 32.6 Å². The molecule has 2 saturated heterocycles. The minimum absolute atomic E-state index is 0.108. The zero-order valence-electron chi connectivity index (χ0n) is 14.9. The van der Waals surface area contributed by atoms with Crippen LogP contribution in [0, 0.1) is 17.0 Å². The molecule has 0 aliphatic carbocycles. The predicted octanol–water partition coefficient (Wildman–Crippen LogP) is 3.41. The highest BCUT2D eigenvalue weighted by molar-refractivity contribution is 6.30. The highest BCUT2D eigenvalue weighted by Crippen LogP contribution is 2.39. The van der Waals surface area contributed by atoms with Gasteiger partial charge >= 0.3 is 0 Å². The minimum atomic E-state index is -0.868. The Labute approximate surface area is 157 Å². The van der Waals surface area contributed by atoms with Crippen LogP contribution in [0.15, 0.2) is 12.1 Å². The van der Waals surface area contributed by atoms with Crippen LogP contribution in [0.4, 0.5) is 8.78 Å². The molecule has 142 valence electrons. The predicted molar refractivity (Wildman–Crippen MR) is 94.8 cm³/mol. The zero-order chi connectivity index (χ0) is 18.9. The lowest BCUT2D eigenvalue weighted by Crippen LogP contribution is -2.55. The van der Waals surface area contributed by atoms with Crippen LogP contribution in [0.3, 0.4) is 0 Å². The summed E-state index contributed by atoms with van der Waals surface area (Å²) in [5, 5.41) is -0.186. The Bertz CT molecular complexity index is 728. The van der Waals surface area contributed by atoms with Crippen molar-refractivity contribution in [1.82, 2.24) is 9.80 Å². The summed E-state index contributed by atoms with van der Waals surface area (Å²) in [7, 11) is 0. The largest absolute Gasteiger partial charge is 0.342 e. The number of rotatable bonds is 3. The molecule has 4 nitrogen and oxygen atoms in total. The van der Waals surface area contributed by atoms with E-state index in [2.05, 4.69) is 0 Å². The van der Waals surface area contributed by atoms with Crippen LogP contribution in [-0.2, 0) is 16.0 Å². The van der Waals surface area contributed by atoms with Crippen molar-refractivity contribution in [3.63, 3.8) is 0 Å². The number of amides is 2. The van der Waals surface area contributed by atoms with E-state index in [1.807, 2.05) is 11.8 Å². The summed E-state index contributed by atoms with van der Waals surface area (Å²) in [6.07, 6.45) is 2.70. The zero-order valence-corrected chi connectivity index (χ0v) is 15.6. The van der Waals surface area contributed by atoms with Crippen LogP contribution >= 0.6 is 11.6 Å². The molecule has 2 aliphatic rings. The number of nitrogens with zero attached hydrogens (tertiary/aromatic N) is 2. The van der Waals surface area contributed by atoms with Gasteiger partial charge in [-0.25, -0.2) is 8.78 Å². The van der Waals surface area contributed by atoms with Crippen molar-refractivity contribution in [1.29, 1.82) is 0 Å². The molecule has 0 unspecified atom stereocenters. The number of likely N-dealkylation sites (tertiary alicyclic amines) is 2. The molecular weight excluding hydrogens is 362 g/mol. The van der Waals surface area contributed by atoms with Crippen LogP contribution in [0.1, 0.15) is 38.2 Å². The lowest BCUT2D eigenvalue weighted by atomic mass is 9.73. The van der Waals surface area contributed by atoms with Crippen molar-refractivity contribution in [3.8, 4) is 0 Å².